The molecule has 3 N–H and O–H groups in total. The SMILES string of the molecule is C[C@H]1CCCCN1CCNC(=O)N1CCC(CC(N)=O)CC1. The van der Waals surface area contributed by atoms with E-state index in [1.807, 2.05) is 4.90 Å². The first kappa shape index (κ1) is 17.1. The topological polar surface area (TPSA) is 78.7 Å². The summed E-state index contributed by atoms with van der Waals surface area (Å²) >= 11 is 0. The Morgan fingerprint density at radius 1 is 1.14 bits per heavy atom. The summed E-state index contributed by atoms with van der Waals surface area (Å²) in [6, 6.07) is 0.664. The normalized spacial score (nSPS) is 24.2. The highest BCUT2D eigenvalue weighted by atomic mass is 16.2. The summed E-state index contributed by atoms with van der Waals surface area (Å²) < 4.78 is 0. The van der Waals surface area contributed by atoms with Crippen molar-refractivity contribution in [3.63, 3.8) is 0 Å². The van der Waals surface area contributed by atoms with Gasteiger partial charge in [0, 0.05) is 38.6 Å². The van der Waals surface area contributed by atoms with Crippen LogP contribution in [0.25, 0.3) is 0 Å². The zero-order chi connectivity index (χ0) is 15.9. The zero-order valence-corrected chi connectivity index (χ0v) is 13.7. The fourth-order valence-electron chi connectivity index (χ4n) is 3.53. The van der Waals surface area contributed by atoms with Crippen LogP contribution >= 0.6 is 0 Å². The predicted octanol–water partition coefficient (Wildman–Crippen LogP) is 1.16. The van der Waals surface area contributed by atoms with Crippen LogP contribution in [0.3, 0.4) is 0 Å². The molecule has 126 valence electrons. The van der Waals surface area contributed by atoms with Crippen molar-refractivity contribution in [1.29, 1.82) is 0 Å². The molecular weight excluding hydrogens is 280 g/mol. The highest BCUT2D eigenvalue weighted by molar-refractivity contribution is 5.75. The number of likely N-dealkylation sites (tertiary alicyclic amines) is 2. The van der Waals surface area contributed by atoms with Crippen LogP contribution in [-0.4, -0.2) is 60.5 Å². The zero-order valence-electron chi connectivity index (χ0n) is 13.7. The number of rotatable bonds is 5. The van der Waals surface area contributed by atoms with E-state index in [1.54, 1.807) is 0 Å². The van der Waals surface area contributed by atoms with Crippen molar-refractivity contribution in [1.82, 2.24) is 15.1 Å². The Labute approximate surface area is 133 Å². The maximum Gasteiger partial charge on any atom is 0.317 e. The largest absolute Gasteiger partial charge is 0.370 e. The molecule has 22 heavy (non-hydrogen) atoms. The molecule has 2 heterocycles. The lowest BCUT2D eigenvalue weighted by molar-refractivity contribution is -0.119. The number of carbonyl (C=O) groups is 2. The summed E-state index contributed by atoms with van der Waals surface area (Å²) in [5, 5.41) is 3.03. The second-order valence-electron chi connectivity index (χ2n) is 6.71. The van der Waals surface area contributed by atoms with Crippen LogP contribution in [0.1, 0.15) is 45.4 Å². The van der Waals surface area contributed by atoms with Crippen LogP contribution in [-0.2, 0) is 4.79 Å². The molecule has 0 bridgehead atoms. The minimum absolute atomic E-state index is 0.0298. The molecule has 0 spiro atoms. The first-order chi connectivity index (χ1) is 10.6. The van der Waals surface area contributed by atoms with Crippen LogP contribution in [0.15, 0.2) is 0 Å². The highest BCUT2D eigenvalue weighted by Gasteiger charge is 2.24. The molecule has 0 radical (unpaired) electrons. The molecule has 0 aromatic heterocycles. The van der Waals surface area contributed by atoms with Crippen LogP contribution < -0.4 is 11.1 Å². The molecule has 0 aromatic rings. The quantitative estimate of drug-likeness (QED) is 0.800. The molecule has 0 unspecified atom stereocenters. The van der Waals surface area contributed by atoms with Gasteiger partial charge >= 0.3 is 6.03 Å². The van der Waals surface area contributed by atoms with Gasteiger partial charge in [-0.25, -0.2) is 4.79 Å². The van der Waals surface area contributed by atoms with Crippen molar-refractivity contribution < 1.29 is 9.59 Å². The molecule has 6 heteroatoms. The van der Waals surface area contributed by atoms with Crippen molar-refractivity contribution in [3.8, 4) is 0 Å². The minimum atomic E-state index is -0.237. The van der Waals surface area contributed by atoms with Gasteiger partial charge in [-0.05, 0) is 45.1 Å². The van der Waals surface area contributed by atoms with E-state index < -0.39 is 0 Å². The van der Waals surface area contributed by atoms with E-state index in [4.69, 9.17) is 5.73 Å². The number of urea groups is 1. The van der Waals surface area contributed by atoms with E-state index >= 15 is 0 Å². The fraction of sp³-hybridized carbons (Fsp3) is 0.875. The van der Waals surface area contributed by atoms with E-state index in [0.29, 0.717) is 24.9 Å². The average Bonchev–Trinajstić information content (AvgIpc) is 2.49. The van der Waals surface area contributed by atoms with Crippen molar-refractivity contribution in [2.45, 2.75) is 51.5 Å². The lowest BCUT2D eigenvalue weighted by Gasteiger charge is -2.34. The predicted molar refractivity (Wildman–Crippen MR) is 86.4 cm³/mol. The molecule has 6 nitrogen and oxygen atoms in total. The monoisotopic (exact) mass is 310 g/mol. The number of hydrogen-bond donors (Lipinski definition) is 2. The van der Waals surface area contributed by atoms with Gasteiger partial charge in [-0.15, -0.1) is 0 Å². The van der Waals surface area contributed by atoms with Gasteiger partial charge in [0.1, 0.15) is 0 Å². The second kappa shape index (κ2) is 8.36. The second-order valence-corrected chi connectivity index (χ2v) is 6.71. The third kappa shape index (κ3) is 5.16. The van der Waals surface area contributed by atoms with Gasteiger partial charge in [0.05, 0.1) is 0 Å². The van der Waals surface area contributed by atoms with Gasteiger partial charge in [-0.2, -0.15) is 0 Å². The summed E-state index contributed by atoms with van der Waals surface area (Å²) in [5.74, 6) is 0.106. The van der Waals surface area contributed by atoms with Crippen LogP contribution in [0.4, 0.5) is 4.79 Å². The number of amides is 3. The first-order valence-corrected chi connectivity index (χ1v) is 8.61. The average molecular weight is 310 g/mol. The van der Waals surface area contributed by atoms with Gasteiger partial charge in [0.15, 0.2) is 0 Å². The number of carbonyl (C=O) groups excluding carboxylic acids is 2. The number of hydrogen-bond acceptors (Lipinski definition) is 3. The fourth-order valence-corrected chi connectivity index (χ4v) is 3.53. The summed E-state index contributed by atoms with van der Waals surface area (Å²) in [6.45, 7) is 6.52. The Hall–Kier alpha value is -1.30. The number of piperidine rings is 2. The molecule has 0 aromatic carbocycles. The lowest BCUT2D eigenvalue weighted by Crippen LogP contribution is -2.48. The van der Waals surface area contributed by atoms with E-state index in [-0.39, 0.29) is 11.9 Å². The van der Waals surface area contributed by atoms with Crippen LogP contribution in [0, 0.1) is 5.92 Å². The molecule has 2 aliphatic heterocycles. The Morgan fingerprint density at radius 2 is 1.86 bits per heavy atom. The third-order valence-corrected chi connectivity index (χ3v) is 5.01. The van der Waals surface area contributed by atoms with Crippen molar-refractivity contribution in [2.24, 2.45) is 11.7 Å². The maximum atomic E-state index is 12.2. The number of nitrogens with one attached hydrogen (secondary N) is 1. The molecule has 2 aliphatic rings. The highest BCUT2D eigenvalue weighted by Crippen LogP contribution is 2.20. The molecule has 0 aliphatic carbocycles. The third-order valence-electron chi connectivity index (χ3n) is 5.01. The smallest absolute Gasteiger partial charge is 0.317 e. The Balaban J connectivity index is 1.62. The summed E-state index contributed by atoms with van der Waals surface area (Å²) in [6.07, 6.45) is 6.05. The van der Waals surface area contributed by atoms with Crippen molar-refractivity contribution in [2.75, 3.05) is 32.7 Å². The van der Waals surface area contributed by atoms with Gasteiger partial charge in [0.25, 0.3) is 0 Å². The lowest BCUT2D eigenvalue weighted by atomic mass is 9.93. The molecular formula is C16H30N4O2. The molecule has 3 amide bonds. The molecule has 2 saturated heterocycles. The van der Waals surface area contributed by atoms with Gasteiger partial charge in [0.2, 0.25) is 5.91 Å². The maximum absolute atomic E-state index is 12.2. The Morgan fingerprint density at radius 3 is 2.50 bits per heavy atom. The summed E-state index contributed by atoms with van der Waals surface area (Å²) in [4.78, 5) is 27.4. The van der Waals surface area contributed by atoms with Gasteiger partial charge < -0.3 is 16.0 Å². The van der Waals surface area contributed by atoms with Gasteiger partial charge in [-0.3, -0.25) is 9.69 Å². The summed E-state index contributed by atoms with van der Waals surface area (Å²) in [7, 11) is 0. The van der Waals surface area contributed by atoms with E-state index in [2.05, 4.69) is 17.1 Å². The standard InChI is InChI=1S/C16H30N4O2/c1-13-4-2-3-8-19(13)11-7-18-16(22)20-9-5-14(6-10-20)12-15(17)21/h13-14H,2-12H2,1H3,(H2,17,21)(H,18,22)/t13-/m0/s1. The Kier molecular flexibility index (Phi) is 6.49. The number of primary amides is 1. The molecule has 1 atom stereocenters. The van der Waals surface area contributed by atoms with E-state index in [0.717, 1.165) is 39.0 Å². The first-order valence-electron chi connectivity index (χ1n) is 8.61. The molecule has 2 fully saturated rings. The molecule has 0 saturated carbocycles. The minimum Gasteiger partial charge on any atom is -0.370 e. The molecule has 2 rings (SSSR count). The van der Waals surface area contributed by atoms with Crippen LogP contribution in [0.2, 0.25) is 0 Å². The Bertz CT molecular complexity index is 380. The number of nitrogens with zero attached hydrogens (tertiary/aromatic N) is 2. The van der Waals surface area contributed by atoms with Gasteiger partial charge in [-0.1, -0.05) is 6.42 Å². The van der Waals surface area contributed by atoms with Crippen molar-refractivity contribution in [3.05, 3.63) is 0 Å². The van der Waals surface area contributed by atoms with E-state index in [9.17, 15) is 9.59 Å². The van der Waals surface area contributed by atoms with E-state index in [1.165, 1.54) is 19.3 Å². The number of nitrogens with two attached hydrogens (primary N) is 1. The van der Waals surface area contributed by atoms with Crippen molar-refractivity contribution >= 4 is 11.9 Å². The van der Waals surface area contributed by atoms with Crippen LogP contribution in [0.5, 0.6) is 0 Å². The summed E-state index contributed by atoms with van der Waals surface area (Å²) in [5.41, 5.74) is 5.23.